The van der Waals surface area contributed by atoms with E-state index in [4.69, 9.17) is 9.47 Å². The van der Waals surface area contributed by atoms with E-state index >= 15 is 0 Å². The first-order chi connectivity index (χ1) is 19.1. The highest BCUT2D eigenvalue weighted by Gasteiger charge is 2.44. The van der Waals surface area contributed by atoms with E-state index in [9.17, 15) is 4.79 Å². The van der Waals surface area contributed by atoms with Gasteiger partial charge in [-0.15, -0.1) is 0 Å². The normalized spacial score (nSPS) is 16.9. The van der Waals surface area contributed by atoms with Crippen LogP contribution in [0.25, 0.3) is 11.1 Å². The van der Waals surface area contributed by atoms with Gasteiger partial charge in [0.15, 0.2) is 0 Å². The average molecular weight is 541 g/mol. The Hall–Kier alpha value is -3.47. The molecule has 1 amide bonds. The minimum atomic E-state index is -0.532. The summed E-state index contributed by atoms with van der Waals surface area (Å²) >= 11 is 0. The molecule has 0 aromatic heterocycles. The number of piperidine rings is 1. The maximum atomic E-state index is 12.4. The number of anilines is 1. The Morgan fingerprint density at radius 2 is 1.70 bits per heavy atom. The summed E-state index contributed by atoms with van der Waals surface area (Å²) in [5, 5.41) is 2.98. The third-order valence-electron chi connectivity index (χ3n) is 8.32. The van der Waals surface area contributed by atoms with Crippen molar-refractivity contribution in [2.45, 2.75) is 85.0 Å². The fourth-order valence-electron chi connectivity index (χ4n) is 5.68. The minimum absolute atomic E-state index is 0.178. The summed E-state index contributed by atoms with van der Waals surface area (Å²) in [5.41, 5.74) is 7.09. The number of benzene rings is 3. The van der Waals surface area contributed by atoms with E-state index in [0.29, 0.717) is 12.0 Å². The standard InChI is InChI=1S/C35H44N2O3/c1-6-27-10-7-8-13-32(27)39-24-26-20-30(23-31(21-26)37-18-16-35(14-15-35)17-19-37)29-12-9-11-28(22-29)25(2)36-33(38)40-34(3,4)5/h7-13,20-23,25H,6,14-19,24H2,1-5H3,(H,36,38). The SMILES string of the molecule is CCc1ccccc1OCc1cc(-c2cccc(C(C)NC(=O)OC(C)(C)C)c2)cc(N2CCC3(CC2)CC3)c1. The molecular formula is C35H44N2O3. The lowest BCUT2D eigenvalue weighted by Crippen LogP contribution is -2.34. The van der Waals surface area contributed by atoms with Crippen LogP contribution >= 0.6 is 0 Å². The summed E-state index contributed by atoms with van der Waals surface area (Å²) in [6.45, 7) is 12.5. The Kier molecular flexibility index (Phi) is 8.11. The second-order valence-corrected chi connectivity index (χ2v) is 12.6. The Morgan fingerprint density at radius 3 is 2.40 bits per heavy atom. The predicted octanol–water partition coefficient (Wildman–Crippen LogP) is 8.46. The molecular weight excluding hydrogens is 496 g/mol. The van der Waals surface area contributed by atoms with Crippen LogP contribution in [0.1, 0.15) is 83.0 Å². The number of ether oxygens (including phenoxy) is 2. The average Bonchev–Trinajstić information content (AvgIpc) is 3.69. The molecule has 1 atom stereocenters. The van der Waals surface area contributed by atoms with Crippen LogP contribution < -0.4 is 15.0 Å². The number of nitrogens with zero attached hydrogens (tertiary/aromatic N) is 1. The van der Waals surface area contributed by atoms with Crippen molar-refractivity contribution in [3.05, 3.63) is 83.4 Å². The van der Waals surface area contributed by atoms with Gasteiger partial charge in [-0.3, -0.25) is 0 Å². The van der Waals surface area contributed by atoms with Crippen molar-refractivity contribution in [3.63, 3.8) is 0 Å². The molecule has 0 radical (unpaired) electrons. The molecule has 2 aliphatic rings. The summed E-state index contributed by atoms with van der Waals surface area (Å²) in [7, 11) is 0. The molecule has 2 fully saturated rings. The third kappa shape index (κ3) is 6.99. The number of nitrogens with one attached hydrogen (secondary N) is 1. The fourth-order valence-corrected chi connectivity index (χ4v) is 5.68. The second kappa shape index (κ2) is 11.6. The molecule has 1 saturated heterocycles. The van der Waals surface area contributed by atoms with E-state index in [-0.39, 0.29) is 6.04 Å². The van der Waals surface area contributed by atoms with Crippen LogP contribution in [0.4, 0.5) is 10.5 Å². The highest BCUT2D eigenvalue weighted by molar-refractivity contribution is 5.72. The van der Waals surface area contributed by atoms with E-state index < -0.39 is 11.7 Å². The van der Waals surface area contributed by atoms with Crippen LogP contribution in [-0.2, 0) is 17.8 Å². The lowest BCUT2D eigenvalue weighted by molar-refractivity contribution is 0.0508. The highest BCUT2D eigenvalue weighted by Crippen LogP contribution is 2.54. The van der Waals surface area contributed by atoms with Gasteiger partial charge in [0.1, 0.15) is 18.0 Å². The Bertz CT molecular complexity index is 1330. The maximum Gasteiger partial charge on any atom is 0.408 e. The molecule has 212 valence electrons. The van der Waals surface area contributed by atoms with Gasteiger partial charge in [0, 0.05) is 18.8 Å². The second-order valence-electron chi connectivity index (χ2n) is 12.6. The van der Waals surface area contributed by atoms with Crippen LogP contribution in [0.2, 0.25) is 0 Å². The molecule has 1 N–H and O–H groups in total. The van der Waals surface area contributed by atoms with E-state index in [2.05, 4.69) is 77.8 Å². The largest absolute Gasteiger partial charge is 0.489 e. The van der Waals surface area contributed by atoms with Gasteiger partial charge >= 0.3 is 6.09 Å². The van der Waals surface area contributed by atoms with E-state index in [0.717, 1.165) is 47.5 Å². The van der Waals surface area contributed by atoms with Gasteiger partial charge in [-0.1, -0.05) is 43.3 Å². The van der Waals surface area contributed by atoms with Gasteiger partial charge in [0.05, 0.1) is 6.04 Å². The monoisotopic (exact) mass is 540 g/mol. The van der Waals surface area contributed by atoms with Crippen molar-refractivity contribution in [1.82, 2.24) is 5.32 Å². The number of carbonyl (C=O) groups is 1. The first-order valence-electron chi connectivity index (χ1n) is 14.8. The first-order valence-corrected chi connectivity index (χ1v) is 14.8. The zero-order valence-corrected chi connectivity index (χ0v) is 24.8. The lowest BCUT2D eigenvalue weighted by Gasteiger charge is -2.34. The van der Waals surface area contributed by atoms with E-state index in [1.54, 1.807) is 0 Å². The molecule has 1 spiro atoms. The topological polar surface area (TPSA) is 50.8 Å². The summed E-state index contributed by atoms with van der Waals surface area (Å²) in [6.07, 6.45) is 5.92. The lowest BCUT2D eigenvalue weighted by atomic mass is 9.92. The predicted molar refractivity (Wildman–Crippen MR) is 163 cm³/mol. The van der Waals surface area contributed by atoms with E-state index in [1.807, 2.05) is 33.8 Å². The van der Waals surface area contributed by atoms with Crippen LogP contribution in [0.3, 0.4) is 0 Å². The maximum absolute atomic E-state index is 12.4. The smallest absolute Gasteiger partial charge is 0.408 e. The van der Waals surface area contributed by atoms with Crippen LogP contribution in [0, 0.1) is 5.41 Å². The van der Waals surface area contributed by atoms with E-state index in [1.165, 1.54) is 36.9 Å². The summed E-state index contributed by atoms with van der Waals surface area (Å²) < 4.78 is 11.8. The Labute approximate surface area is 239 Å². The molecule has 0 bridgehead atoms. The molecule has 1 saturated carbocycles. The van der Waals surface area contributed by atoms with Gasteiger partial charge in [0.25, 0.3) is 0 Å². The number of para-hydroxylation sites is 1. The number of aryl methyl sites for hydroxylation is 1. The summed E-state index contributed by atoms with van der Waals surface area (Å²) in [4.78, 5) is 14.9. The Morgan fingerprint density at radius 1 is 0.950 bits per heavy atom. The molecule has 5 nitrogen and oxygen atoms in total. The van der Waals surface area contributed by atoms with Crippen molar-refractivity contribution < 1.29 is 14.3 Å². The van der Waals surface area contributed by atoms with Crippen molar-refractivity contribution >= 4 is 11.8 Å². The molecule has 5 heteroatoms. The van der Waals surface area contributed by atoms with Crippen molar-refractivity contribution in [2.24, 2.45) is 5.41 Å². The van der Waals surface area contributed by atoms with Crippen molar-refractivity contribution in [2.75, 3.05) is 18.0 Å². The van der Waals surface area contributed by atoms with Crippen LogP contribution in [0.5, 0.6) is 5.75 Å². The van der Waals surface area contributed by atoms with Gasteiger partial charge in [0.2, 0.25) is 0 Å². The highest BCUT2D eigenvalue weighted by atomic mass is 16.6. The minimum Gasteiger partial charge on any atom is -0.489 e. The number of amides is 1. The van der Waals surface area contributed by atoms with Crippen LogP contribution in [-0.4, -0.2) is 24.8 Å². The fraction of sp³-hybridized carbons (Fsp3) is 0.457. The van der Waals surface area contributed by atoms with Crippen LogP contribution in [0.15, 0.2) is 66.7 Å². The zero-order chi connectivity index (χ0) is 28.3. The summed E-state index contributed by atoms with van der Waals surface area (Å²) in [6, 6.07) is 23.4. The number of hydrogen-bond acceptors (Lipinski definition) is 4. The molecule has 3 aromatic carbocycles. The van der Waals surface area contributed by atoms with Gasteiger partial charge in [-0.05, 0) is 123 Å². The summed E-state index contributed by atoms with van der Waals surface area (Å²) in [5.74, 6) is 0.953. The molecule has 1 heterocycles. The number of rotatable bonds is 8. The number of carbonyl (C=O) groups excluding carboxylic acids is 1. The molecule has 1 aliphatic carbocycles. The van der Waals surface area contributed by atoms with Gasteiger partial charge in [-0.2, -0.15) is 0 Å². The van der Waals surface area contributed by atoms with Gasteiger partial charge in [-0.25, -0.2) is 4.79 Å². The zero-order valence-electron chi connectivity index (χ0n) is 24.8. The Balaban J connectivity index is 1.40. The van der Waals surface area contributed by atoms with Crippen molar-refractivity contribution in [3.8, 4) is 16.9 Å². The molecule has 5 rings (SSSR count). The first kappa shape index (κ1) is 28.1. The number of alkyl carbamates (subject to hydrolysis) is 1. The molecule has 40 heavy (non-hydrogen) atoms. The molecule has 1 unspecified atom stereocenters. The van der Waals surface area contributed by atoms with Gasteiger partial charge < -0.3 is 19.7 Å². The molecule has 1 aliphatic heterocycles. The third-order valence-corrected chi connectivity index (χ3v) is 8.32. The number of hydrogen-bond donors (Lipinski definition) is 1. The molecule has 3 aromatic rings. The quantitative estimate of drug-likeness (QED) is 0.311. The van der Waals surface area contributed by atoms with Crippen molar-refractivity contribution in [1.29, 1.82) is 0 Å².